The molecule has 4 rings (SSSR count). The first-order chi connectivity index (χ1) is 17.9. The highest BCUT2D eigenvalue weighted by Gasteiger charge is 2.39. The first kappa shape index (κ1) is 26.6. The summed E-state index contributed by atoms with van der Waals surface area (Å²) in [7, 11) is 1.65. The summed E-state index contributed by atoms with van der Waals surface area (Å²) in [6.07, 6.45) is 7.18. The summed E-state index contributed by atoms with van der Waals surface area (Å²) in [5, 5.41) is 9.22. The molecule has 2 heterocycles. The Morgan fingerprint density at radius 2 is 1.84 bits per heavy atom. The quantitative estimate of drug-likeness (QED) is 0.580. The van der Waals surface area contributed by atoms with Gasteiger partial charge < -0.3 is 25.6 Å². The SMILES string of the molecule is C[C@@H]1C(=O)N[C@H](Cc2ccccc2)C(=O)NCCCc2ccncc2OCCN[C@@H](C2CC2)C(=O)N1C. The van der Waals surface area contributed by atoms with E-state index >= 15 is 0 Å². The van der Waals surface area contributed by atoms with Crippen molar-refractivity contribution in [2.24, 2.45) is 5.92 Å². The van der Waals surface area contributed by atoms with Crippen LogP contribution in [0.15, 0.2) is 48.8 Å². The van der Waals surface area contributed by atoms with Crippen molar-refractivity contribution in [3.05, 3.63) is 59.9 Å². The number of hydrogen-bond donors (Lipinski definition) is 3. The number of aryl methyl sites for hydroxylation is 1. The molecule has 3 N–H and O–H groups in total. The van der Waals surface area contributed by atoms with E-state index in [4.69, 9.17) is 4.74 Å². The molecule has 1 fully saturated rings. The van der Waals surface area contributed by atoms with Crippen LogP contribution >= 0.6 is 0 Å². The number of likely N-dealkylation sites (N-methyl/N-ethyl adjacent to an activating group) is 1. The van der Waals surface area contributed by atoms with Gasteiger partial charge in [-0.2, -0.15) is 0 Å². The first-order valence-electron chi connectivity index (χ1n) is 13.1. The van der Waals surface area contributed by atoms with E-state index in [9.17, 15) is 14.4 Å². The molecule has 2 aromatic rings. The zero-order chi connectivity index (χ0) is 26.2. The molecule has 3 amide bonds. The summed E-state index contributed by atoms with van der Waals surface area (Å²) in [5.41, 5.74) is 1.96. The molecule has 0 saturated heterocycles. The smallest absolute Gasteiger partial charge is 0.243 e. The van der Waals surface area contributed by atoms with Gasteiger partial charge in [-0.05, 0) is 55.7 Å². The van der Waals surface area contributed by atoms with E-state index in [0.717, 1.165) is 24.0 Å². The summed E-state index contributed by atoms with van der Waals surface area (Å²) in [6, 6.07) is 9.66. The van der Waals surface area contributed by atoms with Crippen molar-refractivity contribution >= 4 is 17.7 Å². The number of nitrogens with one attached hydrogen (secondary N) is 3. The fourth-order valence-corrected chi connectivity index (χ4v) is 4.56. The van der Waals surface area contributed by atoms with Crippen molar-refractivity contribution in [3.8, 4) is 5.75 Å². The molecule has 0 bridgehead atoms. The average Bonchev–Trinajstić information content (AvgIpc) is 3.75. The molecule has 0 spiro atoms. The van der Waals surface area contributed by atoms with Gasteiger partial charge in [0.25, 0.3) is 0 Å². The Bertz CT molecular complexity index is 1080. The van der Waals surface area contributed by atoms with E-state index in [1.54, 1.807) is 26.4 Å². The van der Waals surface area contributed by atoms with Crippen molar-refractivity contribution in [1.82, 2.24) is 25.8 Å². The van der Waals surface area contributed by atoms with Crippen LogP contribution in [0.5, 0.6) is 5.75 Å². The number of fused-ring (bicyclic) bond motifs is 1. The van der Waals surface area contributed by atoms with Gasteiger partial charge in [0.05, 0.1) is 12.2 Å². The minimum Gasteiger partial charge on any atom is -0.490 e. The monoisotopic (exact) mass is 507 g/mol. The summed E-state index contributed by atoms with van der Waals surface area (Å²) in [5.74, 6) is 0.236. The van der Waals surface area contributed by atoms with E-state index in [1.807, 2.05) is 36.4 Å². The molecule has 9 nitrogen and oxygen atoms in total. The second kappa shape index (κ2) is 12.7. The molecule has 1 aliphatic heterocycles. The third-order valence-corrected chi connectivity index (χ3v) is 7.10. The molecule has 198 valence electrons. The average molecular weight is 508 g/mol. The van der Waals surface area contributed by atoms with Gasteiger partial charge in [-0.3, -0.25) is 19.4 Å². The lowest BCUT2D eigenvalue weighted by Gasteiger charge is -2.30. The van der Waals surface area contributed by atoms with Crippen molar-refractivity contribution in [1.29, 1.82) is 0 Å². The lowest BCUT2D eigenvalue weighted by Crippen LogP contribution is -2.56. The summed E-state index contributed by atoms with van der Waals surface area (Å²) in [4.78, 5) is 45.4. The van der Waals surface area contributed by atoms with Gasteiger partial charge in [-0.1, -0.05) is 30.3 Å². The number of nitrogens with zero attached hydrogens (tertiary/aromatic N) is 2. The molecule has 9 heteroatoms. The molecule has 1 aliphatic carbocycles. The molecule has 2 aliphatic rings. The molecule has 0 unspecified atom stereocenters. The van der Waals surface area contributed by atoms with Crippen molar-refractivity contribution in [2.45, 2.75) is 57.2 Å². The van der Waals surface area contributed by atoms with Crippen LogP contribution in [0.4, 0.5) is 0 Å². The van der Waals surface area contributed by atoms with Gasteiger partial charge in [-0.25, -0.2) is 0 Å². The van der Waals surface area contributed by atoms with Gasteiger partial charge in [-0.15, -0.1) is 0 Å². The van der Waals surface area contributed by atoms with E-state index in [0.29, 0.717) is 44.7 Å². The number of amides is 3. The number of hydrogen-bond acceptors (Lipinski definition) is 6. The Kier molecular flexibility index (Phi) is 9.11. The summed E-state index contributed by atoms with van der Waals surface area (Å²) < 4.78 is 5.99. The number of carbonyl (C=O) groups is 3. The lowest BCUT2D eigenvalue weighted by atomic mass is 10.0. The highest BCUT2D eigenvalue weighted by atomic mass is 16.5. The summed E-state index contributed by atoms with van der Waals surface area (Å²) >= 11 is 0. The number of rotatable bonds is 3. The third kappa shape index (κ3) is 7.29. The number of carbonyl (C=O) groups excluding carboxylic acids is 3. The maximum absolute atomic E-state index is 13.4. The van der Waals surface area contributed by atoms with Crippen molar-refractivity contribution < 1.29 is 19.1 Å². The van der Waals surface area contributed by atoms with E-state index < -0.39 is 12.1 Å². The standard InChI is InChI=1S/C28H37N5O4/c1-19-26(34)32-23(17-20-7-4-3-5-8-20)27(35)31-13-6-9-21-12-14-29-18-24(21)37-16-15-30-25(22-10-11-22)28(36)33(19)2/h3-5,7-8,12,14,18-19,22-23,25,30H,6,9-11,13,15-17H2,1-2H3,(H,31,35)(H,32,34)/t19-,23-,25+/m1/s1. The fraction of sp³-hybridized carbons (Fsp3) is 0.500. The minimum atomic E-state index is -0.753. The van der Waals surface area contributed by atoms with Crippen LogP contribution in [0.3, 0.4) is 0 Å². The predicted molar refractivity (Wildman–Crippen MR) is 140 cm³/mol. The van der Waals surface area contributed by atoms with Crippen LogP contribution in [0.25, 0.3) is 0 Å². The maximum Gasteiger partial charge on any atom is 0.243 e. The van der Waals surface area contributed by atoms with Crippen molar-refractivity contribution in [3.63, 3.8) is 0 Å². The molecule has 1 aromatic carbocycles. The predicted octanol–water partition coefficient (Wildman–Crippen LogP) is 1.47. The highest BCUT2D eigenvalue weighted by Crippen LogP contribution is 2.33. The van der Waals surface area contributed by atoms with Crippen LogP contribution in [-0.4, -0.2) is 72.5 Å². The normalized spacial score (nSPS) is 24.6. The third-order valence-electron chi connectivity index (χ3n) is 7.10. The van der Waals surface area contributed by atoms with E-state index in [-0.39, 0.29) is 29.7 Å². The second-order valence-corrected chi connectivity index (χ2v) is 9.87. The van der Waals surface area contributed by atoms with Gasteiger partial charge in [0.15, 0.2) is 0 Å². The topological polar surface area (TPSA) is 113 Å². The highest BCUT2D eigenvalue weighted by molar-refractivity contribution is 5.93. The Hall–Kier alpha value is -3.46. The number of benzene rings is 1. The zero-order valence-corrected chi connectivity index (χ0v) is 21.6. The van der Waals surface area contributed by atoms with Gasteiger partial charge in [0.2, 0.25) is 17.7 Å². The van der Waals surface area contributed by atoms with Gasteiger partial charge in [0.1, 0.15) is 24.4 Å². The largest absolute Gasteiger partial charge is 0.490 e. The molecular formula is C28H37N5O4. The number of pyridine rings is 1. The minimum absolute atomic E-state index is 0.127. The maximum atomic E-state index is 13.4. The Morgan fingerprint density at radius 3 is 2.59 bits per heavy atom. The Labute approximate surface area is 218 Å². The first-order valence-corrected chi connectivity index (χ1v) is 13.1. The molecule has 1 saturated carbocycles. The molecule has 0 radical (unpaired) electrons. The Morgan fingerprint density at radius 1 is 1.05 bits per heavy atom. The number of aromatic nitrogens is 1. The van der Waals surface area contributed by atoms with Crippen LogP contribution in [0.1, 0.15) is 37.3 Å². The van der Waals surface area contributed by atoms with E-state index in [1.165, 1.54) is 4.90 Å². The second-order valence-electron chi connectivity index (χ2n) is 9.87. The molecule has 3 atom stereocenters. The van der Waals surface area contributed by atoms with Crippen LogP contribution < -0.4 is 20.7 Å². The van der Waals surface area contributed by atoms with Gasteiger partial charge >= 0.3 is 0 Å². The zero-order valence-electron chi connectivity index (χ0n) is 21.6. The lowest BCUT2D eigenvalue weighted by molar-refractivity contribution is -0.141. The summed E-state index contributed by atoms with van der Waals surface area (Å²) in [6.45, 7) is 3.05. The fourth-order valence-electron chi connectivity index (χ4n) is 4.56. The molecule has 37 heavy (non-hydrogen) atoms. The van der Waals surface area contributed by atoms with E-state index in [2.05, 4.69) is 20.9 Å². The Balaban J connectivity index is 1.54. The number of ether oxygens (including phenoxy) is 1. The van der Waals surface area contributed by atoms with Crippen LogP contribution in [0.2, 0.25) is 0 Å². The van der Waals surface area contributed by atoms with Crippen LogP contribution in [-0.2, 0) is 27.2 Å². The van der Waals surface area contributed by atoms with Gasteiger partial charge in [0, 0.05) is 32.8 Å². The molecule has 1 aromatic heterocycles. The molecular weight excluding hydrogens is 470 g/mol. The van der Waals surface area contributed by atoms with Crippen LogP contribution in [0, 0.1) is 5.92 Å². The van der Waals surface area contributed by atoms with Crippen molar-refractivity contribution in [2.75, 3.05) is 26.7 Å².